The molecule has 6 heteroatoms. The van der Waals surface area contributed by atoms with Crippen LogP contribution in [0.15, 0.2) is 41.3 Å². The standard InChI is InChI=1S/C18H21NO4S/c1-13-5-3-4-6-18(13)24(20,21)19-8-7-15-12-17-16(11-14(15)2)22-9-10-23-17/h3-6,11-12,19H,7-10H2,1-2H3. The molecular formula is C18H21NO4S. The monoisotopic (exact) mass is 347 g/mol. The number of nitrogens with one attached hydrogen (secondary N) is 1. The van der Waals surface area contributed by atoms with Gasteiger partial charge in [-0.2, -0.15) is 0 Å². The molecule has 1 N–H and O–H groups in total. The van der Waals surface area contributed by atoms with E-state index in [0.717, 1.165) is 28.2 Å². The summed E-state index contributed by atoms with van der Waals surface area (Å²) in [6.07, 6.45) is 0.591. The number of fused-ring (bicyclic) bond motifs is 1. The summed E-state index contributed by atoms with van der Waals surface area (Å²) in [4.78, 5) is 0.323. The summed E-state index contributed by atoms with van der Waals surface area (Å²) < 4.78 is 38.6. The Morgan fingerprint density at radius 2 is 1.67 bits per heavy atom. The Labute approximate surface area is 142 Å². The first-order chi connectivity index (χ1) is 11.5. The molecule has 0 saturated heterocycles. The molecule has 0 bridgehead atoms. The summed E-state index contributed by atoms with van der Waals surface area (Å²) in [6.45, 7) is 5.21. The van der Waals surface area contributed by atoms with Gasteiger partial charge in [-0.3, -0.25) is 0 Å². The lowest BCUT2D eigenvalue weighted by molar-refractivity contribution is 0.171. The first-order valence-corrected chi connectivity index (χ1v) is 9.40. The molecule has 3 rings (SSSR count). The van der Waals surface area contributed by atoms with Crippen molar-refractivity contribution in [2.75, 3.05) is 19.8 Å². The van der Waals surface area contributed by atoms with Crippen LogP contribution in [-0.2, 0) is 16.4 Å². The summed E-state index contributed by atoms with van der Waals surface area (Å²) in [6, 6.07) is 10.8. The summed E-state index contributed by atoms with van der Waals surface area (Å²) in [5.74, 6) is 1.48. The maximum absolute atomic E-state index is 12.4. The van der Waals surface area contributed by atoms with Crippen molar-refractivity contribution in [2.45, 2.75) is 25.2 Å². The number of sulfonamides is 1. The molecular weight excluding hydrogens is 326 g/mol. The Hall–Kier alpha value is -2.05. The Bertz CT molecular complexity index is 846. The number of hydrogen-bond acceptors (Lipinski definition) is 4. The largest absolute Gasteiger partial charge is 0.486 e. The van der Waals surface area contributed by atoms with Crippen molar-refractivity contribution in [1.29, 1.82) is 0 Å². The quantitative estimate of drug-likeness (QED) is 0.903. The smallest absolute Gasteiger partial charge is 0.240 e. The normalized spacial score (nSPS) is 13.8. The highest BCUT2D eigenvalue weighted by atomic mass is 32.2. The van der Waals surface area contributed by atoms with Crippen molar-refractivity contribution in [3.8, 4) is 11.5 Å². The molecule has 1 aliphatic rings. The van der Waals surface area contributed by atoms with Crippen molar-refractivity contribution in [1.82, 2.24) is 4.72 Å². The van der Waals surface area contributed by atoms with Gasteiger partial charge < -0.3 is 9.47 Å². The zero-order chi connectivity index (χ0) is 17.2. The second-order valence-electron chi connectivity index (χ2n) is 5.84. The van der Waals surface area contributed by atoms with E-state index in [1.165, 1.54) is 0 Å². The molecule has 0 fully saturated rings. The number of ether oxygens (including phenoxy) is 2. The molecule has 1 aliphatic heterocycles. The van der Waals surface area contributed by atoms with Crippen molar-refractivity contribution in [3.05, 3.63) is 53.1 Å². The van der Waals surface area contributed by atoms with Gasteiger partial charge in [0, 0.05) is 6.54 Å². The third kappa shape index (κ3) is 3.55. The molecule has 5 nitrogen and oxygen atoms in total. The SMILES string of the molecule is Cc1cc2c(cc1CCNS(=O)(=O)c1ccccc1C)OCCO2. The van der Waals surface area contributed by atoms with E-state index in [1.807, 2.05) is 25.1 Å². The van der Waals surface area contributed by atoms with Crippen molar-refractivity contribution < 1.29 is 17.9 Å². The fourth-order valence-corrected chi connectivity index (χ4v) is 4.03. The van der Waals surface area contributed by atoms with Crippen LogP contribution in [0.4, 0.5) is 0 Å². The number of benzene rings is 2. The lowest BCUT2D eigenvalue weighted by Gasteiger charge is -2.20. The second kappa shape index (κ2) is 6.83. The van der Waals surface area contributed by atoms with Gasteiger partial charge in [0.1, 0.15) is 13.2 Å². The van der Waals surface area contributed by atoms with Gasteiger partial charge in [0.05, 0.1) is 4.90 Å². The van der Waals surface area contributed by atoms with Gasteiger partial charge in [-0.1, -0.05) is 18.2 Å². The Morgan fingerprint density at radius 3 is 2.38 bits per heavy atom. The Morgan fingerprint density at radius 1 is 1.00 bits per heavy atom. The molecule has 24 heavy (non-hydrogen) atoms. The molecule has 0 saturated carbocycles. The molecule has 0 aromatic heterocycles. The zero-order valence-corrected chi connectivity index (χ0v) is 14.7. The van der Waals surface area contributed by atoms with Crippen LogP contribution < -0.4 is 14.2 Å². The van der Waals surface area contributed by atoms with E-state index >= 15 is 0 Å². The molecule has 2 aromatic rings. The van der Waals surface area contributed by atoms with Crippen LogP contribution in [-0.4, -0.2) is 28.2 Å². The number of aryl methyl sites for hydroxylation is 2. The molecule has 0 radical (unpaired) electrons. The molecule has 1 heterocycles. The zero-order valence-electron chi connectivity index (χ0n) is 13.8. The van der Waals surface area contributed by atoms with Crippen LogP contribution in [0.5, 0.6) is 11.5 Å². The van der Waals surface area contributed by atoms with Gasteiger partial charge in [-0.05, 0) is 55.2 Å². The van der Waals surface area contributed by atoms with Gasteiger partial charge >= 0.3 is 0 Å². The van der Waals surface area contributed by atoms with Gasteiger partial charge in [0.2, 0.25) is 10.0 Å². The predicted octanol–water partition coefficient (Wildman–Crippen LogP) is 2.60. The molecule has 0 unspecified atom stereocenters. The third-order valence-corrected chi connectivity index (χ3v) is 5.69. The molecule has 128 valence electrons. The third-order valence-electron chi connectivity index (χ3n) is 4.07. The molecule has 0 amide bonds. The summed E-state index contributed by atoms with van der Waals surface area (Å²) in [5, 5.41) is 0. The summed E-state index contributed by atoms with van der Waals surface area (Å²) >= 11 is 0. The van der Waals surface area contributed by atoms with Crippen LogP contribution in [0.1, 0.15) is 16.7 Å². The van der Waals surface area contributed by atoms with Gasteiger partial charge in [0.15, 0.2) is 11.5 Å². The van der Waals surface area contributed by atoms with E-state index in [9.17, 15) is 8.42 Å². The molecule has 0 atom stereocenters. The fraction of sp³-hybridized carbons (Fsp3) is 0.333. The first kappa shape index (κ1) is 16.8. The first-order valence-electron chi connectivity index (χ1n) is 7.92. The van der Waals surface area contributed by atoms with Crippen molar-refractivity contribution >= 4 is 10.0 Å². The molecule has 0 spiro atoms. The minimum absolute atomic E-state index is 0.323. The maximum atomic E-state index is 12.4. The van der Waals surface area contributed by atoms with E-state index < -0.39 is 10.0 Å². The van der Waals surface area contributed by atoms with Gasteiger partial charge in [-0.25, -0.2) is 13.1 Å². The fourth-order valence-electron chi connectivity index (χ4n) is 2.76. The van der Waals surface area contributed by atoms with Crippen LogP contribution in [0.3, 0.4) is 0 Å². The summed E-state index contributed by atoms with van der Waals surface area (Å²) in [7, 11) is -3.50. The maximum Gasteiger partial charge on any atom is 0.240 e. The van der Waals surface area contributed by atoms with Crippen LogP contribution in [0.2, 0.25) is 0 Å². The summed E-state index contributed by atoms with van der Waals surface area (Å²) in [5.41, 5.74) is 2.85. The van der Waals surface area contributed by atoms with E-state index in [2.05, 4.69) is 4.72 Å². The predicted molar refractivity (Wildman–Crippen MR) is 92.2 cm³/mol. The van der Waals surface area contributed by atoms with Crippen molar-refractivity contribution in [3.63, 3.8) is 0 Å². The lowest BCUT2D eigenvalue weighted by atomic mass is 10.0. The van der Waals surface area contributed by atoms with Crippen LogP contribution >= 0.6 is 0 Å². The minimum Gasteiger partial charge on any atom is -0.486 e. The Balaban J connectivity index is 1.69. The van der Waals surface area contributed by atoms with Crippen LogP contribution in [0.25, 0.3) is 0 Å². The average Bonchev–Trinajstić information content (AvgIpc) is 2.55. The molecule has 2 aromatic carbocycles. The number of rotatable bonds is 5. The van der Waals surface area contributed by atoms with Crippen molar-refractivity contribution in [2.24, 2.45) is 0 Å². The highest BCUT2D eigenvalue weighted by Crippen LogP contribution is 2.33. The lowest BCUT2D eigenvalue weighted by Crippen LogP contribution is -2.26. The minimum atomic E-state index is -3.50. The Kier molecular flexibility index (Phi) is 4.78. The molecule has 0 aliphatic carbocycles. The van der Waals surface area contributed by atoms with Crippen LogP contribution in [0, 0.1) is 13.8 Å². The van der Waals surface area contributed by atoms with Gasteiger partial charge in [-0.15, -0.1) is 0 Å². The van der Waals surface area contributed by atoms with E-state index in [0.29, 0.717) is 31.1 Å². The second-order valence-corrected chi connectivity index (χ2v) is 7.57. The van der Waals surface area contributed by atoms with E-state index in [-0.39, 0.29) is 0 Å². The highest BCUT2D eigenvalue weighted by molar-refractivity contribution is 7.89. The van der Waals surface area contributed by atoms with E-state index in [4.69, 9.17) is 9.47 Å². The van der Waals surface area contributed by atoms with Gasteiger partial charge in [0.25, 0.3) is 0 Å². The van der Waals surface area contributed by atoms with E-state index in [1.54, 1.807) is 25.1 Å². The topological polar surface area (TPSA) is 64.6 Å². The average molecular weight is 347 g/mol. The number of hydrogen-bond donors (Lipinski definition) is 1. The highest BCUT2D eigenvalue weighted by Gasteiger charge is 2.17.